The summed E-state index contributed by atoms with van der Waals surface area (Å²) in [4.78, 5) is 0. The number of rotatable bonds is 3. The van der Waals surface area contributed by atoms with Gasteiger partial charge in [0.25, 0.3) is 0 Å². The second kappa shape index (κ2) is 4.21. The molecule has 3 nitrogen and oxygen atoms in total. The Balaban J connectivity index is 3.95. The number of terminal acetylenes is 1. The predicted octanol–water partition coefficient (Wildman–Crippen LogP) is 0.554. The molecule has 0 radical (unpaired) electrons. The number of nitriles is 1. The van der Waals surface area contributed by atoms with Crippen LogP contribution in [-0.2, 0) is 8.87 Å². The third kappa shape index (κ3) is 4.25. The molecule has 10 heavy (non-hydrogen) atoms. The van der Waals surface area contributed by atoms with Crippen LogP contribution in [0.3, 0.4) is 0 Å². The second-order valence-corrected chi connectivity index (χ2v) is 5.32. The minimum Gasteiger partial charge on any atom is -0.216 e. The number of hydrogen-bond donors (Lipinski definition) is 0. The summed E-state index contributed by atoms with van der Waals surface area (Å²) in [6, 6.07) is 1.72. The maximum absolute atomic E-state index is 10.7. The lowest BCUT2D eigenvalue weighted by atomic mass is 10.6. The monoisotopic (exact) mass is 175 g/mol. The molecule has 0 aromatic carbocycles. The average molecular weight is 175 g/mol. The van der Waals surface area contributed by atoms with Gasteiger partial charge in [0.1, 0.15) is 0 Å². The summed E-state index contributed by atoms with van der Waals surface area (Å²) in [7, 11) is -2.81. The molecule has 0 aliphatic heterocycles. The van der Waals surface area contributed by atoms with Gasteiger partial charge in [0.15, 0.2) is 0 Å². The van der Waals surface area contributed by atoms with E-state index < -0.39 is 8.87 Å². The molecule has 0 N–H and O–H groups in total. The maximum atomic E-state index is 10.7. The van der Waals surface area contributed by atoms with Crippen LogP contribution in [0.2, 0.25) is 0 Å². The van der Waals surface area contributed by atoms with Crippen molar-refractivity contribution in [1.82, 2.24) is 0 Å². The molecular weight excluding hydrogens is 170 g/mol. The minimum absolute atomic E-state index is 0.00296. The first-order valence-corrected chi connectivity index (χ1v) is 5.34. The highest BCUT2D eigenvalue weighted by Gasteiger charge is 2.08. The Morgan fingerprint density at radius 2 is 2.20 bits per heavy atom. The van der Waals surface area contributed by atoms with Crippen molar-refractivity contribution in [3.8, 4) is 17.7 Å². The van der Waals surface area contributed by atoms with Crippen LogP contribution < -0.4 is 0 Å². The van der Waals surface area contributed by atoms with Crippen molar-refractivity contribution < 1.29 is 8.42 Å². The van der Waals surface area contributed by atoms with Crippen LogP contribution in [0.4, 0.5) is 0 Å². The first-order chi connectivity index (χ1) is 4.62. The average Bonchev–Trinajstić information content (AvgIpc) is 1.84. The molecule has 0 rings (SSSR count). The van der Waals surface area contributed by atoms with Crippen molar-refractivity contribution in [3.05, 3.63) is 0 Å². The topological polar surface area (TPSA) is 57.9 Å². The van der Waals surface area contributed by atoms with Crippen molar-refractivity contribution in [2.45, 2.75) is 6.42 Å². The highest BCUT2D eigenvalue weighted by atomic mass is 33.1. The van der Waals surface area contributed by atoms with Crippen LogP contribution >= 0.6 is 10.8 Å². The summed E-state index contributed by atoms with van der Waals surface area (Å²) < 4.78 is 21.3. The van der Waals surface area contributed by atoms with Gasteiger partial charge in [0.2, 0.25) is 8.87 Å². The maximum Gasteiger partial charge on any atom is 0.214 e. The first kappa shape index (κ1) is 9.35. The first-order valence-electron chi connectivity index (χ1n) is 2.36. The Morgan fingerprint density at radius 3 is 2.60 bits per heavy atom. The van der Waals surface area contributed by atoms with Crippen molar-refractivity contribution in [2.24, 2.45) is 0 Å². The fraction of sp³-hybridized carbons (Fsp3) is 0.400. The van der Waals surface area contributed by atoms with E-state index in [1.54, 1.807) is 6.07 Å². The number of nitrogens with zero attached hydrogens (tertiary/aromatic N) is 1. The Kier molecular flexibility index (Phi) is 3.94. The second-order valence-electron chi connectivity index (χ2n) is 1.37. The van der Waals surface area contributed by atoms with Crippen LogP contribution in [0.5, 0.6) is 0 Å². The summed E-state index contributed by atoms with van der Waals surface area (Å²) in [5.41, 5.74) is 0. The molecule has 0 atom stereocenters. The fourth-order valence-corrected chi connectivity index (χ4v) is 1.80. The van der Waals surface area contributed by atoms with E-state index in [0.717, 1.165) is 0 Å². The van der Waals surface area contributed by atoms with Crippen molar-refractivity contribution >= 4 is 19.7 Å². The Labute approximate surface area is 63.7 Å². The molecule has 0 aliphatic carbocycles. The smallest absolute Gasteiger partial charge is 0.214 e. The largest absolute Gasteiger partial charge is 0.216 e. The molecule has 0 saturated heterocycles. The van der Waals surface area contributed by atoms with Crippen LogP contribution in [0.25, 0.3) is 0 Å². The van der Waals surface area contributed by atoms with Gasteiger partial charge in [-0.05, 0) is 5.25 Å². The van der Waals surface area contributed by atoms with Crippen molar-refractivity contribution in [1.29, 1.82) is 5.26 Å². The van der Waals surface area contributed by atoms with E-state index in [2.05, 4.69) is 0 Å². The third-order valence-corrected chi connectivity index (χ3v) is 3.24. The van der Waals surface area contributed by atoms with Gasteiger partial charge in [0, 0.05) is 6.42 Å². The summed E-state index contributed by atoms with van der Waals surface area (Å²) in [5.74, 6) is -0.168. The van der Waals surface area contributed by atoms with E-state index in [-0.39, 0.29) is 12.2 Å². The molecule has 0 aromatic heterocycles. The molecule has 0 bridgehead atoms. The van der Waals surface area contributed by atoms with Gasteiger partial charge < -0.3 is 0 Å². The Hall–Kier alpha value is -0.650. The zero-order valence-corrected chi connectivity index (χ0v) is 6.70. The van der Waals surface area contributed by atoms with Gasteiger partial charge in [-0.25, -0.2) is 8.42 Å². The third-order valence-electron chi connectivity index (χ3n) is 0.639. The van der Waals surface area contributed by atoms with E-state index in [0.29, 0.717) is 10.8 Å². The van der Waals surface area contributed by atoms with Crippen LogP contribution in [0.15, 0.2) is 0 Å². The fourth-order valence-electron chi connectivity index (χ4n) is 0.286. The van der Waals surface area contributed by atoms with Gasteiger partial charge in [-0.1, -0.05) is 0 Å². The molecule has 0 aromatic rings. The Bertz CT molecular complexity index is 267. The predicted molar refractivity (Wildman–Crippen MR) is 40.4 cm³/mol. The van der Waals surface area contributed by atoms with E-state index >= 15 is 0 Å². The summed E-state index contributed by atoms with van der Waals surface area (Å²) in [6.07, 6.45) is 4.73. The zero-order valence-electron chi connectivity index (χ0n) is 5.07. The molecule has 0 heterocycles. The van der Waals surface area contributed by atoms with E-state index in [1.807, 2.05) is 5.25 Å². The summed E-state index contributed by atoms with van der Waals surface area (Å²) >= 11 is 0. The summed E-state index contributed by atoms with van der Waals surface area (Å²) in [5, 5.41) is 9.96. The number of hydrogen-bond acceptors (Lipinski definition) is 4. The molecule has 0 saturated carbocycles. The van der Waals surface area contributed by atoms with Crippen molar-refractivity contribution in [3.63, 3.8) is 0 Å². The molecule has 0 fully saturated rings. The quantitative estimate of drug-likeness (QED) is 0.464. The molecule has 0 unspecified atom stereocenters. The normalized spacial score (nSPS) is 9.80. The van der Waals surface area contributed by atoms with E-state index in [4.69, 9.17) is 11.7 Å². The van der Waals surface area contributed by atoms with Crippen LogP contribution in [0.1, 0.15) is 6.42 Å². The van der Waals surface area contributed by atoms with Crippen LogP contribution in [0, 0.1) is 23.0 Å². The minimum atomic E-state index is -3.24. The lowest BCUT2D eigenvalue weighted by molar-refractivity contribution is 0.610. The van der Waals surface area contributed by atoms with E-state index in [1.165, 1.54) is 0 Å². The Morgan fingerprint density at radius 1 is 1.60 bits per heavy atom. The molecular formula is C5H5NO2S2. The molecule has 54 valence electrons. The highest BCUT2D eigenvalue weighted by Crippen LogP contribution is 2.10. The van der Waals surface area contributed by atoms with Crippen LogP contribution in [-0.4, -0.2) is 14.2 Å². The SMILES string of the molecule is C#CSS(=O)(=O)CCC#N. The van der Waals surface area contributed by atoms with Gasteiger partial charge in [-0.2, -0.15) is 5.26 Å². The van der Waals surface area contributed by atoms with Gasteiger partial charge in [-0.3, -0.25) is 0 Å². The molecule has 0 spiro atoms. The van der Waals surface area contributed by atoms with Crippen molar-refractivity contribution in [2.75, 3.05) is 5.75 Å². The molecule has 0 aliphatic rings. The molecule has 5 heteroatoms. The van der Waals surface area contributed by atoms with Gasteiger partial charge in [0.05, 0.1) is 22.6 Å². The highest BCUT2D eigenvalue weighted by molar-refractivity contribution is 8.73. The standard InChI is InChI=1S/C5H5NO2S2/c1-2-9-10(7,8)5-3-4-6/h1H,3,5H2. The zero-order chi connectivity index (χ0) is 8.04. The van der Waals surface area contributed by atoms with Gasteiger partial charge >= 0.3 is 0 Å². The lowest BCUT2D eigenvalue weighted by Gasteiger charge is -1.90. The lowest BCUT2D eigenvalue weighted by Crippen LogP contribution is -1.97. The van der Waals surface area contributed by atoms with Gasteiger partial charge in [-0.15, -0.1) is 6.42 Å². The molecule has 0 amide bonds. The summed E-state index contributed by atoms with van der Waals surface area (Å²) in [6.45, 7) is 0. The van der Waals surface area contributed by atoms with E-state index in [9.17, 15) is 8.42 Å².